The number of anilines is 1. The van der Waals surface area contributed by atoms with Crippen molar-refractivity contribution in [3.05, 3.63) is 29.3 Å². The zero-order chi connectivity index (χ0) is 13.5. The highest BCUT2D eigenvalue weighted by Crippen LogP contribution is 2.15. The van der Waals surface area contributed by atoms with Gasteiger partial charge in [-0.3, -0.25) is 4.79 Å². The molecule has 0 saturated heterocycles. The average Bonchev–Trinajstić information content (AvgIpc) is 2.28. The second-order valence-electron chi connectivity index (χ2n) is 4.32. The van der Waals surface area contributed by atoms with Crippen LogP contribution in [0.4, 0.5) is 5.69 Å². The van der Waals surface area contributed by atoms with Crippen molar-refractivity contribution >= 4 is 11.6 Å². The molecule has 0 spiro atoms. The lowest BCUT2D eigenvalue weighted by Crippen LogP contribution is -2.27. The lowest BCUT2D eigenvalue weighted by Gasteiger charge is -2.12. The number of rotatable bonds is 3. The Bertz CT molecular complexity index is 484. The Hall–Kier alpha value is -1.83. The standard InChI is InChI=1S/C14H19N3O/c1-11-9-12(5-4-8-15)6-7-13(11)16-14(18)10-17(2)3/h6-7,9H,8,10,15H2,1-3H3,(H,16,18). The van der Waals surface area contributed by atoms with E-state index < -0.39 is 0 Å². The molecule has 0 aliphatic heterocycles. The Labute approximate surface area is 108 Å². The van der Waals surface area contributed by atoms with E-state index in [-0.39, 0.29) is 5.91 Å². The number of nitrogens with zero attached hydrogens (tertiary/aromatic N) is 1. The first-order chi connectivity index (χ1) is 8.52. The van der Waals surface area contributed by atoms with Crippen LogP contribution in [0.1, 0.15) is 11.1 Å². The monoisotopic (exact) mass is 245 g/mol. The van der Waals surface area contributed by atoms with Gasteiger partial charge in [0.15, 0.2) is 0 Å². The van der Waals surface area contributed by atoms with Gasteiger partial charge >= 0.3 is 0 Å². The summed E-state index contributed by atoms with van der Waals surface area (Å²) in [5, 5.41) is 2.87. The molecular formula is C14H19N3O. The molecule has 1 aromatic rings. The van der Waals surface area contributed by atoms with E-state index in [0.717, 1.165) is 16.8 Å². The maximum absolute atomic E-state index is 11.6. The summed E-state index contributed by atoms with van der Waals surface area (Å²) in [5.41, 5.74) is 8.04. The number of carbonyl (C=O) groups is 1. The van der Waals surface area contributed by atoms with E-state index in [4.69, 9.17) is 5.73 Å². The van der Waals surface area contributed by atoms with Crippen LogP contribution in [0.5, 0.6) is 0 Å². The van der Waals surface area contributed by atoms with Crippen LogP contribution < -0.4 is 11.1 Å². The Morgan fingerprint density at radius 3 is 2.72 bits per heavy atom. The number of hydrogen-bond acceptors (Lipinski definition) is 3. The summed E-state index contributed by atoms with van der Waals surface area (Å²) in [6, 6.07) is 5.68. The zero-order valence-corrected chi connectivity index (χ0v) is 11.1. The van der Waals surface area contributed by atoms with Crippen LogP contribution in [0.25, 0.3) is 0 Å². The Morgan fingerprint density at radius 1 is 1.44 bits per heavy atom. The number of nitrogens with two attached hydrogens (primary N) is 1. The number of carbonyl (C=O) groups excluding carboxylic acids is 1. The van der Waals surface area contributed by atoms with Gasteiger partial charge in [-0.05, 0) is 44.8 Å². The number of nitrogens with one attached hydrogen (secondary N) is 1. The lowest BCUT2D eigenvalue weighted by molar-refractivity contribution is -0.116. The fourth-order valence-corrected chi connectivity index (χ4v) is 1.51. The van der Waals surface area contributed by atoms with E-state index in [1.54, 1.807) is 0 Å². The summed E-state index contributed by atoms with van der Waals surface area (Å²) in [4.78, 5) is 13.5. The van der Waals surface area contributed by atoms with E-state index in [1.165, 1.54) is 0 Å². The van der Waals surface area contributed by atoms with E-state index >= 15 is 0 Å². The van der Waals surface area contributed by atoms with E-state index in [9.17, 15) is 4.79 Å². The molecule has 0 atom stereocenters. The van der Waals surface area contributed by atoms with Gasteiger partial charge in [-0.1, -0.05) is 11.8 Å². The summed E-state index contributed by atoms with van der Waals surface area (Å²) in [6.07, 6.45) is 0. The molecule has 1 aromatic carbocycles. The first kappa shape index (κ1) is 14.2. The van der Waals surface area contributed by atoms with Crippen molar-refractivity contribution in [3.8, 4) is 11.8 Å². The predicted molar refractivity (Wildman–Crippen MR) is 74.3 cm³/mol. The number of hydrogen-bond donors (Lipinski definition) is 2. The minimum absolute atomic E-state index is 0.0242. The third-order valence-corrected chi connectivity index (χ3v) is 2.30. The molecule has 0 unspecified atom stereocenters. The summed E-state index contributed by atoms with van der Waals surface area (Å²) in [7, 11) is 3.72. The van der Waals surface area contributed by atoms with Gasteiger partial charge in [0.25, 0.3) is 0 Å². The molecule has 3 N–H and O–H groups in total. The van der Waals surface area contributed by atoms with Crippen molar-refractivity contribution in [2.45, 2.75) is 6.92 Å². The maximum Gasteiger partial charge on any atom is 0.238 e. The van der Waals surface area contributed by atoms with Gasteiger partial charge in [0.1, 0.15) is 0 Å². The fraction of sp³-hybridized carbons (Fsp3) is 0.357. The van der Waals surface area contributed by atoms with Crippen LogP contribution in [0, 0.1) is 18.8 Å². The molecule has 96 valence electrons. The van der Waals surface area contributed by atoms with Gasteiger partial charge in [-0.2, -0.15) is 0 Å². The smallest absolute Gasteiger partial charge is 0.238 e. The number of benzene rings is 1. The first-order valence-electron chi connectivity index (χ1n) is 5.77. The van der Waals surface area contributed by atoms with Crippen molar-refractivity contribution in [1.82, 2.24) is 4.90 Å². The maximum atomic E-state index is 11.6. The second-order valence-corrected chi connectivity index (χ2v) is 4.32. The van der Waals surface area contributed by atoms with Crippen molar-refractivity contribution in [2.24, 2.45) is 5.73 Å². The lowest BCUT2D eigenvalue weighted by atomic mass is 10.1. The molecule has 0 aliphatic rings. The number of amides is 1. The van der Waals surface area contributed by atoms with E-state index in [2.05, 4.69) is 17.2 Å². The van der Waals surface area contributed by atoms with E-state index in [1.807, 2.05) is 44.1 Å². The van der Waals surface area contributed by atoms with Gasteiger partial charge in [-0.25, -0.2) is 0 Å². The summed E-state index contributed by atoms with van der Waals surface area (Å²) in [6.45, 7) is 2.66. The van der Waals surface area contributed by atoms with Crippen molar-refractivity contribution in [2.75, 3.05) is 32.5 Å². The SMILES string of the molecule is Cc1cc(C#CCN)ccc1NC(=O)CN(C)C. The Morgan fingerprint density at radius 2 is 2.17 bits per heavy atom. The Balaban J connectivity index is 2.77. The highest BCUT2D eigenvalue weighted by molar-refractivity contribution is 5.93. The quantitative estimate of drug-likeness (QED) is 0.775. The van der Waals surface area contributed by atoms with Gasteiger partial charge in [-0.15, -0.1) is 0 Å². The van der Waals surface area contributed by atoms with Gasteiger partial charge in [0, 0.05) is 11.3 Å². The van der Waals surface area contributed by atoms with Crippen molar-refractivity contribution < 1.29 is 4.79 Å². The molecule has 4 nitrogen and oxygen atoms in total. The van der Waals surface area contributed by atoms with Crippen molar-refractivity contribution in [3.63, 3.8) is 0 Å². The van der Waals surface area contributed by atoms with Gasteiger partial charge < -0.3 is 16.0 Å². The Kier molecular flexibility index (Phi) is 5.37. The fourth-order valence-electron chi connectivity index (χ4n) is 1.51. The molecule has 0 radical (unpaired) electrons. The molecule has 0 heterocycles. The second kappa shape index (κ2) is 6.80. The molecule has 0 fully saturated rings. The topological polar surface area (TPSA) is 58.4 Å². The van der Waals surface area contributed by atoms with Crippen molar-refractivity contribution in [1.29, 1.82) is 0 Å². The van der Waals surface area contributed by atoms with Crippen LogP contribution in [0.2, 0.25) is 0 Å². The molecule has 1 amide bonds. The molecule has 0 bridgehead atoms. The van der Waals surface area contributed by atoms with Crippen LogP contribution in [0.3, 0.4) is 0 Å². The number of aryl methyl sites for hydroxylation is 1. The number of likely N-dealkylation sites (N-methyl/N-ethyl adjacent to an activating group) is 1. The summed E-state index contributed by atoms with van der Waals surface area (Å²) < 4.78 is 0. The third kappa shape index (κ3) is 4.58. The highest BCUT2D eigenvalue weighted by Gasteiger charge is 2.05. The molecule has 1 rings (SSSR count). The molecule has 0 aromatic heterocycles. The van der Waals surface area contributed by atoms with Crippen LogP contribution in [-0.4, -0.2) is 38.0 Å². The van der Waals surface area contributed by atoms with Crippen LogP contribution in [-0.2, 0) is 4.79 Å². The first-order valence-corrected chi connectivity index (χ1v) is 5.77. The minimum Gasteiger partial charge on any atom is -0.325 e. The van der Waals surface area contributed by atoms with Gasteiger partial charge in [0.2, 0.25) is 5.91 Å². The third-order valence-electron chi connectivity index (χ3n) is 2.30. The zero-order valence-electron chi connectivity index (χ0n) is 11.1. The minimum atomic E-state index is -0.0242. The normalized spacial score (nSPS) is 9.83. The predicted octanol–water partition coefficient (Wildman–Crippen LogP) is 0.805. The molecule has 18 heavy (non-hydrogen) atoms. The highest BCUT2D eigenvalue weighted by atomic mass is 16.2. The summed E-state index contributed by atoms with van der Waals surface area (Å²) >= 11 is 0. The molecule has 4 heteroatoms. The summed E-state index contributed by atoms with van der Waals surface area (Å²) in [5.74, 6) is 5.74. The van der Waals surface area contributed by atoms with Crippen LogP contribution in [0.15, 0.2) is 18.2 Å². The molecule has 0 aliphatic carbocycles. The van der Waals surface area contributed by atoms with Crippen LogP contribution >= 0.6 is 0 Å². The largest absolute Gasteiger partial charge is 0.325 e. The van der Waals surface area contributed by atoms with E-state index in [0.29, 0.717) is 13.1 Å². The molecule has 0 saturated carbocycles. The molecular weight excluding hydrogens is 226 g/mol. The average molecular weight is 245 g/mol. The van der Waals surface area contributed by atoms with Gasteiger partial charge in [0.05, 0.1) is 13.1 Å².